The lowest BCUT2D eigenvalue weighted by Crippen LogP contribution is -2.55. The number of hydrogen-bond donors (Lipinski definition) is 3. The Hall–Kier alpha value is -4.24. The van der Waals surface area contributed by atoms with Gasteiger partial charge in [-0.3, -0.25) is 9.59 Å². The summed E-state index contributed by atoms with van der Waals surface area (Å²) in [6, 6.07) is 12.9. The van der Waals surface area contributed by atoms with Crippen molar-refractivity contribution in [3.8, 4) is 11.4 Å². The third-order valence-electron chi connectivity index (χ3n) is 8.96. The number of carbonyl (C=O) groups excluding carboxylic acids is 2. The highest BCUT2D eigenvalue weighted by molar-refractivity contribution is 7.09. The van der Waals surface area contributed by atoms with E-state index in [1.54, 1.807) is 35.6 Å². The second-order valence-electron chi connectivity index (χ2n) is 11.8. The number of thiazole rings is 1. The highest BCUT2D eigenvalue weighted by Crippen LogP contribution is 2.45. The topological polar surface area (TPSA) is 113 Å². The molecule has 6 rings (SSSR count). The van der Waals surface area contributed by atoms with Gasteiger partial charge in [-0.25, -0.2) is 9.78 Å². The molecule has 0 atom stereocenters. The number of aromatic nitrogens is 2. The molecule has 9 heteroatoms. The quantitative estimate of drug-likeness (QED) is 0.189. The molecule has 0 spiro atoms. The SMILES string of the molecule is Cc1nc(-c2c(C3CCCC3)c3ccc(C(=O)NC4(C(=O)Nc5ccc(/C=C/C(=O)O)cc5)CCCC4)cc3n2C)cs1. The lowest BCUT2D eigenvalue weighted by Gasteiger charge is -2.29. The van der Waals surface area contributed by atoms with E-state index in [9.17, 15) is 14.4 Å². The molecule has 2 heterocycles. The van der Waals surface area contributed by atoms with Crippen LogP contribution in [0.2, 0.25) is 0 Å². The van der Waals surface area contributed by atoms with E-state index in [1.807, 2.05) is 19.1 Å². The summed E-state index contributed by atoms with van der Waals surface area (Å²) in [5, 5.41) is 19.3. The zero-order valence-corrected chi connectivity index (χ0v) is 25.3. The Morgan fingerprint density at radius 2 is 1.77 bits per heavy atom. The van der Waals surface area contributed by atoms with Crippen molar-refractivity contribution >= 4 is 51.8 Å². The molecule has 2 aliphatic carbocycles. The first-order valence-corrected chi connectivity index (χ1v) is 15.8. The Kier molecular flexibility index (Phi) is 7.92. The number of hydrogen-bond acceptors (Lipinski definition) is 5. The highest BCUT2D eigenvalue weighted by Gasteiger charge is 2.42. The number of carboxylic acids is 1. The molecule has 2 saturated carbocycles. The van der Waals surface area contributed by atoms with Gasteiger partial charge in [-0.05, 0) is 80.0 Å². The lowest BCUT2D eigenvalue weighted by molar-refractivity contribution is -0.131. The molecule has 4 aromatic rings. The Morgan fingerprint density at radius 1 is 1.05 bits per heavy atom. The number of benzene rings is 2. The normalized spacial score (nSPS) is 16.7. The largest absolute Gasteiger partial charge is 0.478 e. The molecule has 2 aromatic heterocycles. The summed E-state index contributed by atoms with van der Waals surface area (Å²) >= 11 is 1.65. The Labute approximate surface area is 254 Å². The molecule has 2 aliphatic rings. The fourth-order valence-electron chi connectivity index (χ4n) is 6.79. The minimum Gasteiger partial charge on any atom is -0.478 e. The number of anilines is 1. The number of amides is 2. The van der Waals surface area contributed by atoms with Crippen molar-refractivity contribution in [2.24, 2.45) is 7.05 Å². The van der Waals surface area contributed by atoms with Crippen molar-refractivity contribution in [1.82, 2.24) is 14.9 Å². The van der Waals surface area contributed by atoms with E-state index in [0.29, 0.717) is 35.6 Å². The van der Waals surface area contributed by atoms with Crippen LogP contribution in [0.3, 0.4) is 0 Å². The number of fused-ring (bicyclic) bond motifs is 1. The second kappa shape index (κ2) is 11.8. The van der Waals surface area contributed by atoms with Crippen molar-refractivity contribution in [2.45, 2.75) is 69.7 Å². The van der Waals surface area contributed by atoms with Crippen LogP contribution < -0.4 is 10.6 Å². The third kappa shape index (κ3) is 5.73. The van der Waals surface area contributed by atoms with Crippen LogP contribution in [0.5, 0.6) is 0 Å². The van der Waals surface area contributed by atoms with Gasteiger partial charge in [0, 0.05) is 40.7 Å². The van der Waals surface area contributed by atoms with Gasteiger partial charge in [-0.15, -0.1) is 11.3 Å². The van der Waals surface area contributed by atoms with Crippen LogP contribution in [-0.2, 0) is 16.6 Å². The van der Waals surface area contributed by atoms with Gasteiger partial charge >= 0.3 is 5.97 Å². The molecule has 0 saturated heterocycles. The Morgan fingerprint density at radius 3 is 2.42 bits per heavy atom. The van der Waals surface area contributed by atoms with Crippen molar-refractivity contribution in [3.63, 3.8) is 0 Å². The maximum absolute atomic E-state index is 13.7. The molecule has 2 fully saturated rings. The molecule has 0 radical (unpaired) electrons. The maximum atomic E-state index is 13.7. The van der Waals surface area contributed by atoms with Gasteiger partial charge < -0.3 is 20.3 Å². The molecule has 43 heavy (non-hydrogen) atoms. The minimum atomic E-state index is -1.02. The van der Waals surface area contributed by atoms with Crippen LogP contribution in [0, 0.1) is 6.92 Å². The van der Waals surface area contributed by atoms with Crippen LogP contribution >= 0.6 is 11.3 Å². The fourth-order valence-corrected chi connectivity index (χ4v) is 7.39. The Bertz CT molecular complexity index is 1720. The van der Waals surface area contributed by atoms with E-state index in [1.165, 1.54) is 29.9 Å². The first-order chi connectivity index (χ1) is 20.7. The number of aliphatic carboxylic acids is 1. The predicted octanol–water partition coefficient (Wildman–Crippen LogP) is 7.05. The number of carbonyl (C=O) groups is 3. The van der Waals surface area contributed by atoms with Gasteiger partial charge in [-0.2, -0.15) is 0 Å². The van der Waals surface area contributed by atoms with Crippen LogP contribution in [0.25, 0.3) is 28.4 Å². The number of nitrogens with zero attached hydrogens (tertiary/aromatic N) is 2. The molecular formula is C34H36N4O4S. The monoisotopic (exact) mass is 596 g/mol. The number of rotatable bonds is 8. The molecular weight excluding hydrogens is 560 g/mol. The van der Waals surface area contributed by atoms with E-state index in [0.717, 1.165) is 53.7 Å². The van der Waals surface area contributed by atoms with E-state index < -0.39 is 11.5 Å². The first kappa shape index (κ1) is 28.9. The number of carboxylic acid groups (broad SMARTS) is 1. The highest BCUT2D eigenvalue weighted by atomic mass is 32.1. The zero-order valence-electron chi connectivity index (χ0n) is 24.5. The van der Waals surface area contributed by atoms with Crippen molar-refractivity contribution in [3.05, 3.63) is 75.6 Å². The van der Waals surface area contributed by atoms with E-state index in [2.05, 4.69) is 33.7 Å². The lowest BCUT2D eigenvalue weighted by atomic mass is 9.93. The van der Waals surface area contributed by atoms with Crippen LogP contribution in [0.1, 0.15) is 83.8 Å². The van der Waals surface area contributed by atoms with Crippen LogP contribution in [0.15, 0.2) is 53.9 Å². The van der Waals surface area contributed by atoms with Gasteiger partial charge in [0.05, 0.1) is 16.4 Å². The molecule has 222 valence electrons. The summed E-state index contributed by atoms with van der Waals surface area (Å²) < 4.78 is 2.18. The maximum Gasteiger partial charge on any atom is 0.328 e. The van der Waals surface area contributed by atoms with Crippen molar-refractivity contribution < 1.29 is 19.5 Å². The number of nitrogens with one attached hydrogen (secondary N) is 2. The van der Waals surface area contributed by atoms with Crippen molar-refractivity contribution in [2.75, 3.05) is 5.32 Å². The summed E-state index contributed by atoms with van der Waals surface area (Å²) in [5.74, 6) is -1.04. The average molecular weight is 597 g/mol. The summed E-state index contributed by atoms with van der Waals surface area (Å²) in [6.07, 6.45) is 10.2. The standard InChI is InChI=1S/C34H36N4O4S/c1-21-35-27(20-43-21)31-30(23-7-3-4-8-23)26-15-12-24(19-28(26)38(31)2)32(41)37-34(17-5-6-18-34)33(42)36-25-13-9-22(10-14-25)11-16-29(39)40/h9-16,19-20,23H,3-8,17-18H2,1-2H3,(H,36,42)(H,37,41)(H,39,40)/b16-11+. The minimum absolute atomic E-state index is 0.239. The fraction of sp³-hybridized carbons (Fsp3) is 0.353. The van der Waals surface area contributed by atoms with E-state index >= 15 is 0 Å². The molecule has 8 nitrogen and oxygen atoms in total. The van der Waals surface area contributed by atoms with Crippen LogP contribution in [0.4, 0.5) is 5.69 Å². The van der Waals surface area contributed by atoms with Crippen LogP contribution in [-0.4, -0.2) is 38.0 Å². The molecule has 2 aromatic carbocycles. The van der Waals surface area contributed by atoms with Gasteiger partial charge in [-0.1, -0.05) is 43.9 Å². The smallest absolute Gasteiger partial charge is 0.328 e. The molecule has 0 unspecified atom stereocenters. The van der Waals surface area contributed by atoms with Crippen molar-refractivity contribution in [1.29, 1.82) is 0 Å². The Balaban J connectivity index is 1.27. The van der Waals surface area contributed by atoms with Gasteiger partial charge in [0.2, 0.25) is 5.91 Å². The van der Waals surface area contributed by atoms with Gasteiger partial charge in [0.25, 0.3) is 5.91 Å². The summed E-state index contributed by atoms with van der Waals surface area (Å²) in [4.78, 5) is 43.0. The molecule has 0 bridgehead atoms. The summed E-state index contributed by atoms with van der Waals surface area (Å²) in [7, 11) is 2.06. The molecule has 0 aliphatic heterocycles. The van der Waals surface area contributed by atoms with E-state index in [4.69, 9.17) is 10.1 Å². The van der Waals surface area contributed by atoms with Gasteiger partial charge in [0.15, 0.2) is 0 Å². The average Bonchev–Trinajstić information content (AvgIpc) is 3.81. The zero-order chi connectivity index (χ0) is 30.1. The summed E-state index contributed by atoms with van der Waals surface area (Å²) in [5.41, 5.74) is 5.29. The molecule has 3 N–H and O–H groups in total. The summed E-state index contributed by atoms with van der Waals surface area (Å²) in [6.45, 7) is 2.03. The second-order valence-corrected chi connectivity index (χ2v) is 12.8. The van der Waals surface area contributed by atoms with Gasteiger partial charge in [0.1, 0.15) is 5.54 Å². The predicted molar refractivity (Wildman–Crippen MR) is 170 cm³/mol. The third-order valence-corrected chi connectivity index (χ3v) is 9.73. The first-order valence-electron chi connectivity index (χ1n) is 14.9. The van der Waals surface area contributed by atoms with E-state index in [-0.39, 0.29) is 11.8 Å². The molecule has 2 amide bonds. The number of aryl methyl sites for hydroxylation is 2.